The van der Waals surface area contributed by atoms with Gasteiger partial charge in [-0.3, -0.25) is 4.79 Å². The Morgan fingerprint density at radius 3 is 2.46 bits per heavy atom. The first-order valence-corrected chi connectivity index (χ1v) is 9.82. The van der Waals surface area contributed by atoms with Crippen molar-refractivity contribution in [3.8, 4) is 11.8 Å². The molecule has 0 atom stereocenters. The lowest BCUT2D eigenvalue weighted by Gasteiger charge is -2.11. The van der Waals surface area contributed by atoms with E-state index in [9.17, 15) is 4.79 Å². The van der Waals surface area contributed by atoms with Gasteiger partial charge in [-0.25, -0.2) is 0 Å². The number of benzene rings is 2. The molecule has 2 aromatic carbocycles. The number of amides is 1. The molecule has 2 rings (SSSR count). The first-order valence-electron chi connectivity index (χ1n) is 8.67. The molecule has 0 aliphatic heterocycles. The number of nitriles is 1. The molecule has 1 amide bonds. The number of nitrogens with zero attached hydrogens (tertiary/aromatic N) is 1. The lowest BCUT2D eigenvalue weighted by atomic mass is 10.1. The van der Waals surface area contributed by atoms with Crippen LogP contribution in [0.3, 0.4) is 0 Å². The third-order valence-electron chi connectivity index (χ3n) is 3.92. The molecule has 0 aliphatic rings. The molecule has 0 aromatic heterocycles. The standard InChI is InChI=1S/C21H24N2O2S/c1-16-5-3-6-17(2)21(16)23-20(24)7-4-13-26-14-12-25-19-10-8-18(15-22)9-11-19/h3,5-6,8-11H,4,7,12-14H2,1-2H3,(H,23,24). The quantitative estimate of drug-likeness (QED) is 0.651. The van der Waals surface area contributed by atoms with E-state index in [1.807, 2.05) is 32.0 Å². The van der Waals surface area contributed by atoms with Crippen molar-refractivity contribution >= 4 is 23.4 Å². The SMILES string of the molecule is Cc1cccc(C)c1NC(=O)CCCSCCOc1ccc(C#N)cc1. The van der Waals surface area contributed by atoms with Crippen molar-refractivity contribution < 1.29 is 9.53 Å². The number of aryl methyl sites for hydroxylation is 2. The normalized spacial score (nSPS) is 10.2. The summed E-state index contributed by atoms with van der Waals surface area (Å²) in [4.78, 5) is 12.1. The van der Waals surface area contributed by atoms with E-state index < -0.39 is 0 Å². The van der Waals surface area contributed by atoms with Gasteiger partial charge in [0.15, 0.2) is 0 Å². The van der Waals surface area contributed by atoms with E-state index in [1.54, 1.807) is 36.0 Å². The van der Waals surface area contributed by atoms with Crippen molar-refractivity contribution in [2.24, 2.45) is 0 Å². The van der Waals surface area contributed by atoms with Crippen LogP contribution in [0.15, 0.2) is 42.5 Å². The molecule has 2 aromatic rings. The summed E-state index contributed by atoms with van der Waals surface area (Å²) in [5.74, 6) is 2.64. The summed E-state index contributed by atoms with van der Waals surface area (Å²) in [6.45, 7) is 4.63. The molecule has 1 N–H and O–H groups in total. The Morgan fingerprint density at radius 1 is 1.12 bits per heavy atom. The van der Waals surface area contributed by atoms with Crippen molar-refractivity contribution in [3.63, 3.8) is 0 Å². The molecule has 136 valence electrons. The average Bonchev–Trinajstić information content (AvgIpc) is 2.64. The average molecular weight is 369 g/mol. The maximum Gasteiger partial charge on any atom is 0.224 e. The first-order chi connectivity index (χ1) is 12.6. The first kappa shape index (κ1) is 19.9. The minimum atomic E-state index is 0.0665. The second-order valence-electron chi connectivity index (χ2n) is 6.02. The number of ether oxygens (including phenoxy) is 1. The van der Waals surface area contributed by atoms with Crippen molar-refractivity contribution in [3.05, 3.63) is 59.2 Å². The number of anilines is 1. The Labute approximate surface area is 159 Å². The van der Waals surface area contributed by atoms with Gasteiger partial charge in [0.2, 0.25) is 5.91 Å². The summed E-state index contributed by atoms with van der Waals surface area (Å²) < 4.78 is 5.63. The van der Waals surface area contributed by atoms with Crippen LogP contribution in [0, 0.1) is 25.2 Å². The van der Waals surface area contributed by atoms with E-state index in [-0.39, 0.29) is 5.91 Å². The predicted molar refractivity (Wildman–Crippen MR) is 108 cm³/mol. The maximum atomic E-state index is 12.1. The monoisotopic (exact) mass is 368 g/mol. The zero-order chi connectivity index (χ0) is 18.8. The highest BCUT2D eigenvalue weighted by molar-refractivity contribution is 7.99. The third-order valence-corrected chi connectivity index (χ3v) is 4.95. The number of hydrogen-bond donors (Lipinski definition) is 1. The number of para-hydroxylation sites is 1. The molecule has 0 saturated carbocycles. The number of nitrogens with one attached hydrogen (secondary N) is 1. The maximum absolute atomic E-state index is 12.1. The van der Waals surface area contributed by atoms with E-state index in [0.29, 0.717) is 18.6 Å². The smallest absolute Gasteiger partial charge is 0.224 e. The van der Waals surface area contributed by atoms with Crippen molar-refractivity contribution in [1.82, 2.24) is 0 Å². The second-order valence-corrected chi connectivity index (χ2v) is 7.24. The number of hydrogen-bond acceptors (Lipinski definition) is 4. The van der Waals surface area contributed by atoms with Gasteiger partial charge in [-0.1, -0.05) is 18.2 Å². The van der Waals surface area contributed by atoms with Crippen LogP contribution in [0.5, 0.6) is 5.75 Å². The van der Waals surface area contributed by atoms with Gasteiger partial charge < -0.3 is 10.1 Å². The highest BCUT2D eigenvalue weighted by Crippen LogP contribution is 2.20. The number of carbonyl (C=O) groups excluding carboxylic acids is 1. The third kappa shape index (κ3) is 6.45. The molecular formula is C21H24N2O2S. The molecule has 0 fully saturated rings. The van der Waals surface area contributed by atoms with Gasteiger partial charge in [0.25, 0.3) is 0 Å². The van der Waals surface area contributed by atoms with Gasteiger partial charge >= 0.3 is 0 Å². The van der Waals surface area contributed by atoms with E-state index in [1.165, 1.54) is 0 Å². The fourth-order valence-corrected chi connectivity index (χ4v) is 3.25. The lowest BCUT2D eigenvalue weighted by molar-refractivity contribution is -0.116. The molecule has 0 aliphatic carbocycles. The summed E-state index contributed by atoms with van der Waals surface area (Å²) >= 11 is 1.78. The largest absolute Gasteiger partial charge is 0.493 e. The molecule has 26 heavy (non-hydrogen) atoms. The van der Waals surface area contributed by atoms with Crippen molar-refractivity contribution in [1.29, 1.82) is 5.26 Å². The predicted octanol–water partition coefficient (Wildman–Crippen LogP) is 4.71. The minimum Gasteiger partial charge on any atom is -0.493 e. The molecule has 4 nitrogen and oxygen atoms in total. The molecule has 0 unspecified atom stereocenters. The molecule has 0 spiro atoms. The van der Waals surface area contributed by atoms with Crippen LogP contribution in [0.2, 0.25) is 0 Å². The molecular weight excluding hydrogens is 344 g/mol. The van der Waals surface area contributed by atoms with E-state index in [4.69, 9.17) is 10.00 Å². The summed E-state index contributed by atoms with van der Waals surface area (Å²) in [7, 11) is 0. The van der Waals surface area contributed by atoms with Crippen LogP contribution >= 0.6 is 11.8 Å². The zero-order valence-corrected chi connectivity index (χ0v) is 16.1. The van der Waals surface area contributed by atoms with Crippen LogP contribution < -0.4 is 10.1 Å². The second kappa shape index (κ2) is 10.5. The van der Waals surface area contributed by atoms with Crippen LogP contribution in [-0.4, -0.2) is 24.0 Å². The van der Waals surface area contributed by atoms with E-state index in [2.05, 4.69) is 11.4 Å². The Hall–Kier alpha value is -2.45. The summed E-state index contributed by atoms with van der Waals surface area (Å²) in [6, 6.07) is 15.2. The molecule has 0 heterocycles. The van der Waals surface area contributed by atoms with Crippen LogP contribution in [0.4, 0.5) is 5.69 Å². The van der Waals surface area contributed by atoms with Gasteiger partial charge in [0.05, 0.1) is 18.2 Å². The fourth-order valence-electron chi connectivity index (χ4n) is 2.49. The summed E-state index contributed by atoms with van der Waals surface area (Å²) in [5.41, 5.74) is 3.74. The highest BCUT2D eigenvalue weighted by atomic mass is 32.2. The summed E-state index contributed by atoms with van der Waals surface area (Å²) in [5, 5.41) is 11.8. The number of carbonyl (C=O) groups is 1. The molecule has 0 radical (unpaired) electrons. The fraction of sp³-hybridized carbons (Fsp3) is 0.333. The van der Waals surface area contributed by atoms with E-state index in [0.717, 1.165) is 40.5 Å². The number of rotatable bonds is 9. The minimum absolute atomic E-state index is 0.0665. The van der Waals surface area contributed by atoms with Gasteiger partial charge in [0.1, 0.15) is 5.75 Å². The van der Waals surface area contributed by atoms with Crippen molar-refractivity contribution in [2.75, 3.05) is 23.4 Å². The van der Waals surface area contributed by atoms with Gasteiger partial charge in [0, 0.05) is 17.9 Å². The van der Waals surface area contributed by atoms with Crippen LogP contribution in [-0.2, 0) is 4.79 Å². The highest BCUT2D eigenvalue weighted by Gasteiger charge is 2.07. The van der Waals surface area contributed by atoms with Gasteiger partial charge in [-0.05, 0) is 61.4 Å². The van der Waals surface area contributed by atoms with Crippen LogP contribution in [0.25, 0.3) is 0 Å². The zero-order valence-electron chi connectivity index (χ0n) is 15.2. The Bertz CT molecular complexity index is 746. The number of thioether (sulfide) groups is 1. The van der Waals surface area contributed by atoms with E-state index >= 15 is 0 Å². The van der Waals surface area contributed by atoms with Gasteiger partial charge in [-0.2, -0.15) is 17.0 Å². The molecule has 0 saturated heterocycles. The summed E-state index contributed by atoms with van der Waals surface area (Å²) in [6.07, 6.45) is 1.37. The molecule has 5 heteroatoms. The lowest BCUT2D eigenvalue weighted by Crippen LogP contribution is -2.13. The molecule has 0 bridgehead atoms. The Morgan fingerprint density at radius 2 is 1.81 bits per heavy atom. The van der Waals surface area contributed by atoms with Crippen LogP contribution in [0.1, 0.15) is 29.5 Å². The van der Waals surface area contributed by atoms with Gasteiger partial charge in [-0.15, -0.1) is 0 Å². The Kier molecular flexibility index (Phi) is 8.04. The Balaban J connectivity index is 1.57. The topological polar surface area (TPSA) is 62.1 Å². The van der Waals surface area contributed by atoms with Crippen molar-refractivity contribution in [2.45, 2.75) is 26.7 Å².